The minimum absolute atomic E-state index is 0.0371. The van der Waals surface area contributed by atoms with Crippen molar-refractivity contribution in [1.29, 1.82) is 0 Å². The summed E-state index contributed by atoms with van der Waals surface area (Å²) in [5, 5.41) is 0. The predicted octanol–water partition coefficient (Wildman–Crippen LogP) is 6.20. The monoisotopic (exact) mass is 276 g/mol. The van der Waals surface area contributed by atoms with Crippen LogP contribution in [0.5, 0.6) is 0 Å². The van der Waals surface area contributed by atoms with Crippen molar-refractivity contribution < 1.29 is 8.78 Å². The molecule has 0 spiro atoms. The maximum atomic E-state index is 14.1. The fourth-order valence-electron chi connectivity index (χ4n) is 3.09. The topological polar surface area (TPSA) is 0 Å². The van der Waals surface area contributed by atoms with Crippen molar-refractivity contribution in [3.05, 3.63) is 0 Å². The molecule has 0 saturated heterocycles. The molecular weight excluding hydrogens is 242 g/mol. The van der Waals surface area contributed by atoms with Crippen LogP contribution in [-0.2, 0) is 0 Å². The van der Waals surface area contributed by atoms with Crippen molar-refractivity contribution in [2.24, 2.45) is 23.7 Å². The van der Waals surface area contributed by atoms with E-state index in [1.165, 1.54) is 0 Å². The van der Waals surface area contributed by atoms with Crippen molar-refractivity contribution in [3.8, 4) is 0 Å². The first kappa shape index (κ1) is 18.9. The summed E-state index contributed by atoms with van der Waals surface area (Å²) in [5.41, 5.74) is 0. The van der Waals surface area contributed by atoms with E-state index in [2.05, 4.69) is 20.8 Å². The van der Waals surface area contributed by atoms with Gasteiger partial charge < -0.3 is 0 Å². The summed E-state index contributed by atoms with van der Waals surface area (Å²) < 4.78 is 27.8. The van der Waals surface area contributed by atoms with Gasteiger partial charge in [-0.05, 0) is 42.9 Å². The van der Waals surface area contributed by atoms with Gasteiger partial charge in [0.1, 0.15) is 12.3 Å². The zero-order valence-electron chi connectivity index (χ0n) is 13.8. The average Bonchev–Trinajstić information content (AvgIpc) is 2.41. The Morgan fingerprint density at radius 2 is 1.58 bits per heavy atom. The Morgan fingerprint density at radius 3 is 2.05 bits per heavy atom. The van der Waals surface area contributed by atoms with Gasteiger partial charge in [0.25, 0.3) is 0 Å². The molecular formula is C17H34F2. The van der Waals surface area contributed by atoms with Crippen molar-refractivity contribution in [2.75, 3.05) is 0 Å². The van der Waals surface area contributed by atoms with E-state index >= 15 is 0 Å². The van der Waals surface area contributed by atoms with Gasteiger partial charge in [-0.25, -0.2) is 8.78 Å². The van der Waals surface area contributed by atoms with E-state index in [1.807, 2.05) is 20.8 Å². The molecule has 0 heterocycles. The van der Waals surface area contributed by atoms with Gasteiger partial charge in [0.05, 0.1) is 0 Å². The Labute approximate surface area is 119 Å². The summed E-state index contributed by atoms with van der Waals surface area (Å²) in [6.07, 6.45) is 2.44. The van der Waals surface area contributed by atoms with Gasteiger partial charge in [0.2, 0.25) is 0 Å². The number of hydrogen-bond donors (Lipinski definition) is 0. The molecule has 1 rings (SSSR count). The highest BCUT2D eigenvalue weighted by Gasteiger charge is 2.40. The van der Waals surface area contributed by atoms with E-state index in [0.29, 0.717) is 11.8 Å². The molecule has 0 radical (unpaired) electrons. The molecule has 0 aromatic rings. The molecule has 2 heteroatoms. The summed E-state index contributed by atoms with van der Waals surface area (Å²) in [6.45, 7) is 12.3. The van der Waals surface area contributed by atoms with Gasteiger partial charge in [0, 0.05) is 0 Å². The fourth-order valence-corrected chi connectivity index (χ4v) is 3.09. The number of rotatable bonds is 5. The quantitative estimate of drug-likeness (QED) is 0.561. The van der Waals surface area contributed by atoms with Crippen LogP contribution in [0.3, 0.4) is 0 Å². The molecule has 1 aliphatic rings. The Balaban J connectivity index is 0.00000154. The normalized spacial score (nSPS) is 32.7. The molecule has 0 bridgehead atoms. The van der Waals surface area contributed by atoms with Crippen LogP contribution in [0.2, 0.25) is 0 Å². The second kappa shape index (κ2) is 9.72. The third-order valence-corrected chi connectivity index (χ3v) is 4.46. The molecule has 0 aromatic heterocycles. The molecule has 5 unspecified atom stereocenters. The molecule has 1 saturated carbocycles. The third kappa shape index (κ3) is 5.79. The predicted molar refractivity (Wildman–Crippen MR) is 80.9 cm³/mol. The van der Waals surface area contributed by atoms with Gasteiger partial charge in [-0.15, -0.1) is 0 Å². The molecule has 0 aliphatic heterocycles. The molecule has 116 valence electrons. The Bertz CT molecular complexity index is 215. The van der Waals surface area contributed by atoms with Crippen LogP contribution in [0, 0.1) is 23.7 Å². The zero-order chi connectivity index (χ0) is 15.0. The van der Waals surface area contributed by atoms with Gasteiger partial charge in [-0.2, -0.15) is 0 Å². The molecule has 19 heavy (non-hydrogen) atoms. The fraction of sp³-hybridized carbons (Fsp3) is 1.00. The highest BCUT2D eigenvalue weighted by atomic mass is 19.2. The van der Waals surface area contributed by atoms with Crippen LogP contribution < -0.4 is 0 Å². The summed E-state index contributed by atoms with van der Waals surface area (Å²) in [4.78, 5) is 0. The van der Waals surface area contributed by atoms with Crippen LogP contribution in [0.25, 0.3) is 0 Å². The molecule has 0 N–H and O–H groups in total. The van der Waals surface area contributed by atoms with Crippen molar-refractivity contribution in [2.45, 2.75) is 86.0 Å². The first-order valence-corrected chi connectivity index (χ1v) is 8.25. The van der Waals surface area contributed by atoms with E-state index in [9.17, 15) is 8.78 Å². The van der Waals surface area contributed by atoms with Gasteiger partial charge >= 0.3 is 0 Å². The Morgan fingerprint density at radius 1 is 1.00 bits per heavy atom. The van der Waals surface area contributed by atoms with Gasteiger partial charge in [-0.3, -0.25) is 0 Å². The van der Waals surface area contributed by atoms with Crippen LogP contribution >= 0.6 is 0 Å². The SMILES string of the molecule is CC.CCC(CCC(C)C)C1CCC(C)C(F)C1F. The lowest BCUT2D eigenvalue weighted by Crippen LogP contribution is -2.40. The molecule has 0 aromatic carbocycles. The van der Waals surface area contributed by atoms with E-state index in [0.717, 1.165) is 32.1 Å². The van der Waals surface area contributed by atoms with E-state index < -0.39 is 12.3 Å². The average molecular weight is 276 g/mol. The van der Waals surface area contributed by atoms with Crippen LogP contribution in [0.15, 0.2) is 0 Å². The molecule has 1 aliphatic carbocycles. The highest BCUT2D eigenvalue weighted by Crippen LogP contribution is 2.40. The smallest absolute Gasteiger partial charge is 0.134 e. The maximum Gasteiger partial charge on any atom is 0.134 e. The molecule has 0 amide bonds. The molecule has 0 nitrogen and oxygen atoms in total. The van der Waals surface area contributed by atoms with E-state index in [1.54, 1.807) is 0 Å². The summed E-state index contributed by atoms with van der Waals surface area (Å²) in [7, 11) is 0. The summed E-state index contributed by atoms with van der Waals surface area (Å²) >= 11 is 0. The molecule has 5 atom stereocenters. The van der Waals surface area contributed by atoms with Crippen LogP contribution in [-0.4, -0.2) is 12.3 Å². The highest BCUT2D eigenvalue weighted by molar-refractivity contribution is 4.89. The minimum Gasteiger partial charge on any atom is -0.244 e. The zero-order valence-corrected chi connectivity index (χ0v) is 13.8. The lowest BCUT2D eigenvalue weighted by Gasteiger charge is -2.37. The lowest BCUT2D eigenvalue weighted by molar-refractivity contribution is 0.00109. The maximum absolute atomic E-state index is 14.1. The Kier molecular flexibility index (Phi) is 9.64. The minimum atomic E-state index is -1.23. The van der Waals surface area contributed by atoms with E-state index in [-0.39, 0.29) is 11.8 Å². The second-order valence-electron chi connectivity index (χ2n) is 6.25. The lowest BCUT2D eigenvalue weighted by atomic mass is 9.71. The standard InChI is InChI=1S/C15H28F2.C2H6/c1-5-12(8-6-10(2)3)13-9-7-11(4)14(16)15(13)17;1-2/h10-15H,5-9H2,1-4H3;1-2H3. The Hall–Kier alpha value is -0.140. The summed E-state index contributed by atoms with van der Waals surface area (Å²) in [5.74, 6) is 0.901. The van der Waals surface area contributed by atoms with E-state index in [4.69, 9.17) is 0 Å². The van der Waals surface area contributed by atoms with Gasteiger partial charge in [-0.1, -0.05) is 54.4 Å². The van der Waals surface area contributed by atoms with Crippen LogP contribution in [0.1, 0.15) is 73.6 Å². The van der Waals surface area contributed by atoms with Crippen LogP contribution in [0.4, 0.5) is 8.78 Å². The van der Waals surface area contributed by atoms with Crippen molar-refractivity contribution in [3.63, 3.8) is 0 Å². The molecule has 1 fully saturated rings. The third-order valence-electron chi connectivity index (χ3n) is 4.46. The van der Waals surface area contributed by atoms with Gasteiger partial charge in [0.15, 0.2) is 0 Å². The summed E-state index contributed by atoms with van der Waals surface area (Å²) in [6, 6.07) is 0. The second-order valence-corrected chi connectivity index (χ2v) is 6.25. The largest absolute Gasteiger partial charge is 0.244 e. The number of halogens is 2. The number of alkyl halides is 2. The first-order chi connectivity index (χ1) is 8.97. The number of hydrogen-bond acceptors (Lipinski definition) is 0. The first-order valence-electron chi connectivity index (χ1n) is 8.25. The van der Waals surface area contributed by atoms with Crippen molar-refractivity contribution in [1.82, 2.24) is 0 Å². The van der Waals surface area contributed by atoms with Crippen molar-refractivity contribution >= 4 is 0 Å².